The average molecular weight is 353 g/mol. The number of rotatable bonds is 4. The number of hydrogen-bond donors (Lipinski definition) is 1. The topological polar surface area (TPSA) is 80.2 Å². The molecule has 2 aromatic rings. The first-order valence-electron chi connectivity index (χ1n) is 9.04. The van der Waals surface area contributed by atoms with Crippen molar-refractivity contribution in [2.75, 3.05) is 18.4 Å². The van der Waals surface area contributed by atoms with E-state index in [2.05, 4.69) is 31.2 Å². The van der Waals surface area contributed by atoms with E-state index in [-0.39, 0.29) is 12.0 Å². The summed E-state index contributed by atoms with van der Waals surface area (Å²) in [5.74, 6) is 0.768. The molecule has 3 atom stereocenters. The Labute approximate surface area is 152 Å². The first kappa shape index (κ1) is 17.1. The molecule has 0 aromatic carbocycles. The first-order chi connectivity index (χ1) is 12.7. The minimum Gasteiger partial charge on any atom is -0.364 e. The van der Waals surface area contributed by atoms with Crippen molar-refractivity contribution >= 4 is 11.7 Å². The summed E-state index contributed by atoms with van der Waals surface area (Å²) in [6, 6.07) is 6.12. The molecule has 2 aliphatic rings. The molecule has 2 aliphatic heterocycles. The number of fused-ring (bicyclic) bond motifs is 1. The molecule has 2 saturated heterocycles. The molecule has 4 rings (SSSR count). The van der Waals surface area contributed by atoms with Crippen LogP contribution >= 0.6 is 0 Å². The molecule has 0 bridgehead atoms. The van der Waals surface area contributed by atoms with Crippen molar-refractivity contribution in [1.29, 1.82) is 0 Å². The number of piperidine rings is 1. The van der Waals surface area contributed by atoms with Crippen molar-refractivity contribution in [2.24, 2.45) is 5.92 Å². The third-order valence-corrected chi connectivity index (χ3v) is 5.07. The monoisotopic (exact) mass is 353 g/mol. The molecule has 0 unspecified atom stereocenters. The fourth-order valence-electron chi connectivity index (χ4n) is 3.79. The number of pyridine rings is 1. The van der Waals surface area contributed by atoms with Gasteiger partial charge in [0.15, 0.2) is 5.82 Å². The van der Waals surface area contributed by atoms with Gasteiger partial charge in [0.1, 0.15) is 6.10 Å². The van der Waals surface area contributed by atoms with E-state index >= 15 is 0 Å². The maximum absolute atomic E-state index is 12.4. The molecule has 26 heavy (non-hydrogen) atoms. The number of amides is 1. The van der Waals surface area contributed by atoms with Crippen molar-refractivity contribution < 1.29 is 9.53 Å². The Kier molecular flexibility index (Phi) is 4.90. The van der Waals surface area contributed by atoms with E-state index in [1.165, 1.54) is 6.20 Å². The molecule has 7 nitrogen and oxygen atoms in total. The molecule has 1 amide bonds. The van der Waals surface area contributed by atoms with Crippen LogP contribution in [0.2, 0.25) is 0 Å². The molecule has 2 fully saturated rings. The second-order valence-corrected chi connectivity index (χ2v) is 7.03. The van der Waals surface area contributed by atoms with Crippen LogP contribution in [0.15, 0.2) is 36.8 Å². The quantitative estimate of drug-likeness (QED) is 0.903. The number of likely N-dealkylation sites (tertiary alicyclic amines) is 1. The Morgan fingerprint density at radius 3 is 3.12 bits per heavy atom. The summed E-state index contributed by atoms with van der Waals surface area (Å²) in [5.41, 5.74) is 2.12. The lowest BCUT2D eigenvalue weighted by molar-refractivity contribution is -0.127. The second-order valence-electron chi connectivity index (χ2n) is 7.03. The standard InChI is InChI=1S/C19H23N5O2/c1-13-3-2-4-15(22-13)11-24-8-5-14-9-16(26-17(14)12-24)19(25)23-18-10-20-6-7-21-18/h2-4,6-7,10,14,16-17H,5,8-9,11-12H2,1H3,(H,21,23,25)/t14-,16+,17+/m1/s1. The third-order valence-electron chi connectivity index (χ3n) is 5.07. The van der Waals surface area contributed by atoms with E-state index in [9.17, 15) is 4.79 Å². The molecule has 7 heteroatoms. The molecule has 2 aromatic heterocycles. The Balaban J connectivity index is 1.33. The summed E-state index contributed by atoms with van der Waals surface area (Å²) in [5, 5.41) is 2.79. The maximum atomic E-state index is 12.4. The van der Waals surface area contributed by atoms with E-state index in [0.29, 0.717) is 11.7 Å². The van der Waals surface area contributed by atoms with Crippen LogP contribution in [-0.4, -0.2) is 51.1 Å². The van der Waals surface area contributed by atoms with Crippen LogP contribution in [0.1, 0.15) is 24.2 Å². The molecule has 136 valence electrons. The fraction of sp³-hybridized carbons (Fsp3) is 0.474. The van der Waals surface area contributed by atoms with Gasteiger partial charge in [-0.15, -0.1) is 0 Å². The Hall–Kier alpha value is -2.38. The van der Waals surface area contributed by atoms with Gasteiger partial charge in [0.2, 0.25) is 0 Å². The number of carbonyl (C=O) groups excluding carboxylic acids is 1. The predicted molar refractivity (Wildman–Crippen MR) is 96.3 cm³/mol. The van der Waals surface area contributed by atoms with Gasteiger partial charge in [0.25, 0.3) is 5.91 Å². The van der Waals surface area contributed by atoms with Gasteiger partial charge >= 0.3 is 0 Å². The second kappa shape index (κ2) is 7.47. The third kappa shape index (κ3) is 3.89. The van der Waals surface area contributed by atoms with Gasteiger partial charge in [0, 0.05) is 31.2 Å². The molecule has 4 heterocycles. The average Bonchev–Trinajstić information content (AvgIpc) is 3.06. The highest BCUT2D eigenvalue weighted by atomic mass is 16.5. The van der Waals surface area contributed by atoms with Crippen LogP contribution in [0, 0.1) is 12.8 Å². The minimum atomic E-state index is -0.413. The zero-order valence-electron chi connectivity index (χ0n) is 14.8. The summed E-state index contributed by atoms with van der Waals surface area (Å²) in [6.07, 6.45) is 6.18. The number of carbonyl (C=O) groups is 1. The highest BCUT2D eigenvalue weighted by molar-refractivity contribution is 5.93. The molecule has 1 N–H and O–H groups in total. The van der Waals surface area contributed by atoms with Crippen molar-refractivity contribution in [1.82, 2.24) is 19.9 Å². The van der Waals surface area contributed by atoms with Crippen LogP contribution in [0.25, 0.3) is 0 Å². The zero-order valence-corrected chi connectivity index (χ0v) is 14.8. The van der Waals surface area contributed by atoms with E-state index < -0.39 is 6.10 Å². The summed E-state index contributed by atoms with van der Waals surface area (Å²) >= 11 is 0. The lowest BCUT2D eigenvalue weighted by Gasteiger charge is -2.33. The van der Waals surface area contributed by atoms with E-state index in [1.54, 1.807) is 12.4 Å². The van der Waals surface area contributed by atoms with Crippen LogP contribution in [0.3, 0.4) is 0 Å². The summed E-state index contributed by atoms with van der Waals surface area (Å²) in [4.78, 5) is 27.4. The van der Waals surface area contributed by atoms with Crippen LogP contribution in [0.4, 0.5) is 5.82 Å². The number of nitrogens with one attached hydrogen (secondary N) is 1. The molecular weight excluding hydrogens is 330 g/mol. The van der Waals surface area contributed by atoms with Crippen molar-refractivity contribution in [3.8, 4) is 0 Å². The van der Waals surface area contributed by atoms with Crippen molar-refractivity contribution in [3.63, 3.8) is 0 Å². The van der Waals surface area contributed by atoms with Crippen molar-refractivity contribution in [3.05, 3.63) is 48.2 Å². The fourth-order valence-corrected chi connectivity index (χ4v) is 3.79. The normalized spacial score (nSPS) is 25.7. The summed E-state index contributed by atoms with van der Waals surface area (Å²) in [6.45, 7) is 4.69. The molecule has 0 spiro atoms. The number of anilines is 1. The lowest BCUT2D eigenvalue weighted by Crippen LogP contribution is -2.42. The number of ether oxygens (including phenoxy) is 1. The predicted octanol–water partition coefficient (Wildman–Crippen LogP) is 1.80. The number of hydrogen-bond acceptors (Lipinski definition) is 6. The summed E-state index contributed by atoms with van der Waals surface area (Å²) in [7, 11) is 0. The van der Waals surface area contributed by atoms with E-state index in [4.69, 9.17) is 4.74 Å². The van der Waals surface area contributed by atoms with Crippen LogP contribution in [0.5, 0.6) is 0 Å². The molecule has 0 radical (unpaired) electrons. The molecule has 0 saturated carbocycles. The number of nitrogens with zero attached hydrogens (tertiary/aromatic N) is 4. The number of aromatic nitrogens is 3. The Morgan fingerprint density at radius 1 is 1.38 bits per heavy atom. The number of aryl methyl sites for hydroxylation is 1. The van der Waals surface area contributed by atoms with Gasteiger partial charge in [-0.05, 0) is 44.4 Å². The zero-order chi connectivity index (χ0) is 17.9. The van der Waals surface area contributed by atoms with E-state index in [0.717, 1.165) is 43.9 Å². The minimum absolute atomic E-state index is 0.103. The maximum Gasteiger partial charge on any atom is 0.254 e. The summed E-state index contributed by atoms with van der Waals surface area (Å²) < 4.78 is 6.07. The SMILES string of the molecule is Cc1cccc(CN2CC[C@@H]3C[C@@H](C(=O)Nc4cnccn4)O[C@H]3C2)n1. The molecular formula is C19H23N5O2. The van der Waals surface area contributed by atoms with Crippen LogP contribution in [-0.2, 0) is 16.1 Å². The van der Waals surface area contributed by atoms with E-state index in [1.807, 2.05) is 19.1 Å². The van der Waals surface area contributed by atoms with Gasteiger partial charge < -0.3 is 10.1 Å². The van der Waals surface area contributed by atoms with Crippen LogP contribution < -0.4 is 5.32 Å². The largest absolute Gasteiger partial charge is 0.364 e. The van der Waals surface area contributed by atoms with Crippen molar-refractivity contribution in [2.45, 2.75) is 38.5 Å². The first-order valence-corrected chi connectivity index (χ1v) is 9.04. The van der Waals surface area contributed by atoms with Gasteiger partial charge in [-0.2, -0.15) is 0 Å². The highest BCUT2D eigenvalue weighted by Gasteiger charge is 2.41. The Morgan fingerprint density at radius 2 is 2.31 bits per heavy atom. The van der Waals surface area contributed by atoms with Gasteiger partial charge in [0.05, 0.1) is 18.0 Å². The smallest absolute Gasteiger partial charge is 0.254 e. The lowest BCUT2D eigenvalue weighted by atomic mass is 9.91. The van der Waals surface area contributed by atoms with Gasteiger partial charge in [-0.3, -0.25) is 19.7 Å². The van der Waals surface area contributed by atoms with Gasteiger partial charge in [-0.25, -0.2) is 4.98 Å². The van der Waals surface area contributed by atoms with Gasteiger partial charge in [-0.1, -0.05) is 6.07 Å². The molecule has 0 aliphatic carbocycles. The Bertz CT molecular complexity index is 770. The highest BCUT2D eigenvalue weighted by Crippen LogP contribution is 2.34.